The number of benzene rings is 1. The molecule has 1 aromatic rings. The molecule has 1 aromatic carbocycles. The van der Waals surface area contributed by atoms with E-state index in [1.54, 1.807) is 7.11 Å². The van der Waals surface area contributed by atoms with Crippen LogP contribution in [0.5, 0.6) is 0 Å². The molecule has 1 aliphatic rings. The van der Waals surface area contributed by atoms with E-state index in [1.165, 1.54) is 5.56 Å². The van der Waals surface area contributed by atoms with E-state index in [1.807, 2.05) is 18.2 Å². The van der Waals surface area contributed by atoms with Crippen LogP contribution in [-0.4, -0.2) is 25.8 Å². The average molecular weight is 262 g/mol. The molecule has 1 fully saturated rings. The molecule has 0 saturated heterocycles. The highest BCUT2D eigenvalue weighted by atomic mass is 16.5. The summed E-state index contributed by atoms with van der Waals surface area (Å²) in [6.07, 6.45) is 2.45. The van der Waals surface area contributed by atoms with Crippen LogP contribution in [0.2, 0.25) is 0 Å². The molecular formula is C16H26N2O. The van der Waals surface area contributed by atoms with Crippen molar-refractivity contribution in [2.75, 3.05) is 13.7 Å². The van der Waals surface area contributed by atoms with Crippen LogP contribution in [0.25, 0.3) is 0 Å². The van der Waals surface area contributed by atoms with E-state index in [0.29, 0.717) is 12.1 Å². The van der Waals surface area contributed by atoms with Gasteiger partial charge in [0.05, 0.1) is 6.10 Å². The van der Waals surface area contributed by atoms with Crippen LogP contribution in [0.1, 0.15) is 38.3 Å². The topological polar surface area (TPSA) is 47.3 Å². The summed E-state index contributed by atoms with van der Waals surface area (Å²) in [6.45, 7) is 5.49. The number of ether oxygens (including phenoxy) is 1. The van der Waals surface area contributed by atoms with Gasteiger partial charge in [-0.15, -0.1) is 0 Å². The molecule has 19 heavy (non-hydrogen) atoms. The van der Waals surface area contributed by atoms with Gasteiger partial charge >= 0.3 is 0 Å². The normalized spacial score (nSPS) is 26.7. The Bertz CT molecular complexity index is 391. The maximum atomic E-state index is 6.20. The average Bonchev–Trinajstić information content (AvgIpc) is 2.42. The molecule has 106 valence electrons. The summed E-state index contributed by atoms with van der Waals surface area (Å²) in [7, 11) is 1.80. The minimum atomic E-state index is 0.120. The Balaban J connectivity index is 1.73. The maximum Gasteiger partial charge on any atom is 0.0652 e. The molecule has 3 atom stereocenters. The molecule has 0 radical (unpaired) electrons. The van der Waals surface area contributed by atoms with Crippen LogP contribution in [0.15, 0.2) is 30.3 Å². The lowest BCUT2D eigenvalue weighted by Crippen LogP contribution is -2.60. The van der Waals surface area contributed by atoms with Crippen molar-refractivity contribution in [2.45, 2.75) is 44.9 Å². The number of hydrogen-bond acceptors (Lipinski definition) is 3. The van der Waals surface area contributed by atoms with Gasteiger partial charge in [0.15, 0.2) is 0 Å². The van der Waals surface area contributed by atoms with Crippen molar-refractivity contribution in [1.29, 1.82) is 0 Å². The standard InChI is InChI=1S/C16H26N2O/c1-16(2)14(11-15(16)19-3)18-10-9-13(17)12-7-5-4-6-8-12/h4-8,13-15,18H,9-11,17H2,1-3H3. The molecule has 0 aromatic heterocycles. The Morgan fingerprint density at radius 2 is 2.05 bits per heavy atom. The molecule has 0 aliphatic heterocycles. The highest BCUT2D eigenvalue weighted by molar-refractivity contribution is 5.18. The van der Waals surface area contributed by atoms with Crippen molar-refractivity contribution in [3.63, 3.8) is 0 Å². The highest BCUT2D eigenvalue weighted by Crippen LogP contribution is 2.42. The maximum absolute atomic E-state index is 6.20. The van der Waals surface area contributed by atoms with Crippen LogP contribution >= 0.6 is 0 Å². The van der Waals surface area contributed by atoms with Crippen molar-refractivity contribution in [3.8, 4) is 0 Å². The number of methoxy groups -OCH3 is 1. The number of nitrogens with one attached hydrogen (secondary N) is 1. The summed E-state index contributed by atoms with van der Waals surface area (Å²) in [5.74, 6) is 0. The third-order valence-electron chi connectivity index (χ3n) is 4.54. The molecular weight excluding hydrogens is 236 g/mol. The first kappa shape index (κ1) is 14.5. The fourth-order valence-electron chi connectivity index (χ4n) is 2.91. The summed E-state index contributed by atoms with van der Waals surface area (Å²) in [5, 5.41) is 3.61. The van der Waals surface area contributed by atoms with Gasteiger partial charge in [0.1, 0.15) is 0 Å². The lowest BCUT2D eigenvalue weighted by Gasteiger charge is -2.51. The van der Waals surface area contributed by atoms with Crippen LogP contribution in [0.4, 0.5) is 0 Å². The van der Waals surface area contributed by atoms with Crippen molar-refractivity contribution >= 4 is 0 Å². The monoisotopic (exact) mass is 262 g/mol. The van der Waals surface area contributed by atoms with E-state index in [9.17, 15) is 0 Å². The van der Waals surface area contributed by atoms with E-state index in [0.717, 1.165) is 19.4 Å². The van der Waals surface area contributed by atoms with Crippen molar-refractivity contribution in [3.05, 3.63) is 35.9 Å². The molecule has 3 N–H and O–H groups in total. The Labute approximate surface area is 116 Å². The smallest absolute Gasteiger partial charge is 0.0652 e. The quantitative estimate of drug-likeness (QED) is 0.828. The van der Waals surface area contributed by atoms with E-state index in [4.69, 9.17) is 10.5 Å². The summed E-state index contributed by atoms with van der Waals surface area (Å²) in [6, 6.07) is 11.0. The predicted molar refractivity (Wildman–Crippen MR) is 79.0 cm³/mol. The minimum Gasteiger partial charge on any atom is -0.381 e. The van der Waals surface area contributed by atoms with Gasteiger partial charge < -0.3 is 15.8 Å². The molecule has 0 bridgehead atoms. The molecule has 3 nitrogen and oxygen atoms in total. The first-order chi connectivity index (χ1) is 9.05. The van der Waals surface area contributed by atoms with Gasteiger partial charge in [0.25, 0.3) is 0 Å². The van der Waals surface area contributed by atoms with Crippen LogP contribution < -0.4 is 11.1 Å². The first-order valence-corrected chi connectivity index (χ1v) is 7.12. The molecule has 1 saturated carbocycles. The van der Waals surface area contributed by atoms with Crippen LogP contribution in [-0.2, 0) is 4.74 Å². The van der Waals surface area contributed by atoms with E-state index >= 15 is 0 Å². The Kier molecular flexibility index (Phi) is 4.61. The second kappa shape index (κ2) is 6.04. The molecule has 2 rings (SSSR count). The SMILES string of the molecule is COC1CC(NCCC(N)c2ccccc2)C1(C)C. The summed E-state index contributed by atoms with van der Waals surface area (Å²) in [4.78, 5) is 0. The van der Waals surface area contributed by atoms with Crippen molar-refractivity contribution in [2.24, 2.45) is 11.1 Å². The van der Waals surface area contributed by atoms with Crippen LogP contribution in [0, 0.1) is 5.41 Å². The van der Waals surface area contributed by atoms with Gasteiger partial charge in [0.2, 0.25) is 0 Å². The fraction of sp³-hybridized carbons (Fsp3) is 0.625. The lowest BCUT2D eigenvalue weighted by molar-refractivity contribution is -0.0973. The van der Waals surface area contributed by atoms with Crippen LogP contribution in [0.3, 0.4) is 0 Å². The molecule has 0 spiro atoms. The zero-order chi connectivity index (χ0) is 13.9. The Morgan fingerprint density at radius 1 is 1.37 bits per heavy atom. The zero-order valence-electron chi connectivity index (χ0n) is 12.2. The van der Waals surface area contributed by atoms with Gasteiger partial charge in [-0.3, -0.25) is 0 Å². The molecule has 3 heteroatoms. The second-order valence-corrected chi connectivity index (χ2v) is 6.09. The van der Waals surface area contributed by atoms with Gasteiger partial charge in [-0.2, -0.15) is 0 Å². The Hall–Kier alpha value is -0.900. The largest absolute Gasteiger partial charge is 0.381 e. The summed E-state index contributed by atoms with van der Waals surface area (Å²) >= 11 is 0. The van der Waals surface area contributed by atoms with Gasteiger partial charge in [-0.25, -0.2) is 0 Å². The lowest BCUT2D eigenvalue weighted by atomic mass is 9.64. The number of rotatable bonds is 6. The third-order valence-corrected chi connectivity index (χ3v) is 4.54. The van der Waals surface area contributed by atoms with Gasteiger partial charge in [-0.05, 0) is 24.9 Å². The van der Waals surface area contributed by atoms with E-state index in [2.05, 4.69) is 31.3 Å². The summed E-state index contributed by atoms with van der Waals surface area (Å²) < 4.78 is 5.46. The third kappa shape index (κ3) is 3.16. The second-order valence-electron chi connectivity index (χ2n) is 6.09. The zero-order valence-corrected chi connectivity index (χ0v) is 12.2. The van der Waals surface area contributed by atoms with Gasteiger partial charge in [-0.1, -0.05) is 44.2 Å². The number of nitrogens with two attached hydrogens (primary N) is 1. The number of hydrogen-bond donors (Lipinski definition) is 2. The molecule has 0 amide bonds. The molecule has 3 unspecified atom stereocenters. The van der Waals surface area contributed by atoms with E-state index in [-0.39, 0.29) is 11.5 Å². The van der Waals surface area contributed by atoms with Gasteiger partial charge in [0, 0.05) is 24.6 Å². The Morgan fingerprint density at radius 3 is 2.63 bits per heavy atom. The fourth-order valence-corrected chi connectivity index (χ4v) is 2.91. The van der Waals surface area contributed by atoms with Crippen molar-refractivity contribution in [1.82, 2.24) is 5.32 Å². The molecule has 1 aliphatic carbocycles. The summed E-state index contributed by atoms with van der Waals surface area (Å²) in [5.41, 5.74) is 7.64. The van der Waals surface area contributed by atoms with E-state index < -0.39 is 0 Å². The van der Waals surface area contributed by atoms with Crippen molar-refractivity contribution < 1.29 is 4.74 Å². The first-order valence-electron chi connectivity index (χ1n) is 7.12. The minimum absolute atomic E-state index is 0.120. The predicted octanol–water partition coefficient (Wildman–Crippen LogP) is 2.48. The highest BCUT2D eigenvalue weighted by Gasteiger charge is 2.47. The molecule has 0 heterocycles.